The van der Waals surface area contributed by atoms with Crippen molar-refractivity contribution in [1.29, 1.82) is 0 Å². The number of hydrogen-bond donors (Lipinski definition) is 0. The predicted molar refractivity (Wildman–Crippen MR) is 62.7 cm³/mol. The summed E-state index contributed by atoms with van der Waals surface area (Å²) in [4.78, 5) is 0. The molecule has 0 aliphatic carbocycles. The second-order valence-corrected chi connectivity index (χ2v) is 4.37. The molecule has 0 fully saturated rings. The van der Waals surface area contributed by atoms with E-state index in [9.17, 15) is 0 Å². The number of fused-ring (bicyclic) bond motifs is 1. The fourth-order valence-corrected chi connectivity index (χ4v) is 2.69. The zero-order valence-electron chi connectivity index (χ0n) is 8.13. The molecule has 2 rings (SSSR count). The number of alkyl halides is 1. The van der Waals surface area contributed by atoms with Crippen LogP contribution in [-0.4, -0.2) is 7.11 Å². The number of thiophene rings is 1. The molecule has 0 N–H and O–H groups in total. The van der Waals surface area contributed by atoms with Gasteiger partial charge in [0.1, 0.15) is 5.75 Å². The smallest absolute Gasteiger partial charge is 0.136 e. The molecule has 0 atom stereocenters. The molecule has 0 aliphatic rings. The maximum absolute atomic E-state index is 5.82. The summed E-state index contributed by atoms with van der Waals surface area (Å²) < 4.78 is 6.54. The van der Waals surface area contributed by atoms with E-state index in [0.717, 1.165) is 11.3 Å². The van der Waals surface area contributed by atoms with Gasteiger partial charge in [0.15, 0.2) is 0 Å². The SMILES string of the molecule is COc1cc(CCl)cc2c(C)csc12. The lowest BCUT2D eigenvalue weighted by Crippen LogP contribution is -1.86. The van der Waals surface area contributed by atoms with Crippen molar-refractivity contribution in [2.75, 3.05) is 7.11 Å². The molecule has 0 bridgehead atoms. The van der Waals surface area contributed by atoms with Crippen LogP contribution in [0.3, 0.4) is 0 Å². The van der Waals surface area contributed by atoms with E-state index in [0.29, 0.717) is 5.88 Å². The van der Waals surface area contributed by atoms with E-state index in [4.69, 9.17) is 16.3 Å². The van der Waals surface area contributed by atoms with E-state index in [1.165, 1.54) is 15.6 Å². The summed E-state index contributed by atoms with van der Waals surface area (Å²) in [5.74, 6) is 1.46. The van der Waals surface area contributed by atoms with Gasteiger partial charge in [-0.25, -0.2) is 0 Å². The van der Waals surface area contributed by atoms with Crippen molar-refractivity contribution >= 4 is 33.0 Å². The van der Waals surface area contributed by atoms with Crippen LogP contribution in [0, 0.1) is 6.92 Å². The summed E-state index contributed by atoms with van der Waals surface area (Å²) in [6.45, 7) is 2.11. The molecule has 0 radical (unpaired) electrons. The van der Waals surface area contributed by atoms with Crippen molar-refractivity contribution in [3.8, 4) is 5.75 Å². The summed E-state index contributed by atoms with van der Waals surface area (Å²) in [7, 11) is 1.70. The van der Waals surface area contributed by atoms with Crippen LogP contribution in [-0.2, 0) is 5.88 Å². The Morgan fingerprint density at radius 2 is 2.21 bits per heavy atom. The molecule has 1 heterocycles. The van der Waals surface area contributed by atoms with Gasteiger partial charge in [-0.05, 0) is 40.9 Å². The number of hydrogen-bond acceptors (Lipinski definition) is 2. The van der Waals surface area contributed by atoms with Crippen molar-refractivity contribution < 1.29 is 4.74 Å². The number of ether oxygens (including phenoxy) is 1. The van der Waals surface area contributed by atoms with Crippen LogP contribution < -0.4 is 4.74 Å². The van der Waals surface area contributed by atoms with Gasteiger partial charge in [0.2, 0.25) is 0 Å². The Balaban J connectivity index is 2.76. The molecule has 3 heteroatoms. The number of halogens is 1. The molecule has 0 spiro atoms. The first-order valence-electron chi connectivity index (χ1n) is 4.37. The predicted octanol–water partition coefficient (Wildman–Crippen LogP) is 3.96. The molecule has 2 aromatic rings. The Morgan fingerprint density at radius 1 is 1.43 bits per heavy atom. The number of aryl methyl sites for hydroxylation is 1. The quantitative estimate of drug-likeness (QED) is 0.705. The molecular formula is C11H11ClOS. The van der Waals surface area contributed by atoms with Crippen LogP contribution in [0.2, 0.25) is 0 Å². The lowest BCUT2D eigenvalue weighted by Gasteiger charge is -2.04. The molecule has 74 valence electrons. The minimum absolute atomic E-state index is 0.529. The monoisotopic (exact) mass is 226 g/mol. The van der Waals surface area contributed by atoms with Gasteiger partial charge < -0.3 is 4.74 Å². The first-order valence-corrected chi connectivity index (χ1v) is 5.78. The average molecular weight is 227 g/mol. The molecule has 1 aromatic carbocycles. The largest absolute Gasteiger partial charge is 0.495 e. The van der Waals surface area contributed by atoms with Crippen LogP contribution >= 0.6 is 22.9 Å². The minimum Gasteiger partial charge on any atom is -0.495 e. The molecule has 14 heavy (non-hydrogen) atoms. The first kappa shape index (κ1) is 9.81. The van der Waals surface area contributed by atoms with Gasteiger partial charge in [-0.1, -0.05) is 0 Å². The molecule has 0 amide bonds. The molecule has 1 nitrogen and oxygen atoms in total. The normalized spacial score (nSPS) is 10.8. The fourth-order valence-electron chi connectivity index (χ4n) is 1.51. The highest BCUT2D eigenvalue weighted by atomic mass is 35.5. The van der Waals surface area contributed by atoms with Crippen LogP contribution in [0.4, 0.5) is 0 Å². The lowest BCUT2D eigenvalue weighted by molar-refractivity contribution is 0.420. The van der Waals surface area contributed by atoms with Crippen molar-refractivity contribution in [3.63, 3.8) is 0 Å². The highest BCUT2D eigenvalue weighted by Gasteiger charge is 2.07. The molecular weight excluding hydrogens is 216 g/mol. The van der Waals surface area contributed by atoms with Gasteiger partial charge in [0, 0.05) is 5.88 Å². The number of rotatable bonds is 2. The van der Waals surface area contributed by atoms with Crippen LogP contribution in [0.15, 0.2) is 17.5 Å². The van der Waals surface area contributed by atoms with Gasteiger partial charge >= 0.3 is 0 Å². The van der Waals surface area contributed by atoms with Gasteiger partial charge in [-0.3, -0.25) is 0 Å². The molecule has 0 saturated heterocycles. The Hall–Kier alpha value is -0.730. The Labute approximate surface area is 92.3 Å². The van der Waals surface area contributed by atoms with E-state index in [1.807, 2.05) is 6.07 Å². The van der Waals surface area contributed by atoms with E-state index >= 15 is 0 Å². The van der Waals surface area contributed by atoms with E-state index in [-0.39, 0.29) is 0 Å². The molecule has 0 unspecified atom stereocenters. The highest BCUT2D eigenvalue weighted by Crippen LogP contribution is 2.35. The highest BCUT2D eigenvalue weighted by molar-refractivity contribution is 7.17. The number of methoxy groups -OCH3 is 1. The lowest BCUT2D eigenvalue weighted by atomic mass is 10.1. The van der Waals surface area contributed by atoms with E-state index in [2.05, 4.69) is 18.4 Å². The maximum atomic E-state index is 5.82. The van der Waals surface area contributed by atoms with Crippen molar-refractivity contribution in [2.45, 2.75) is 12.8 Å². The summed E-state index contributed by atoms with van der Waals surface area (Å²) in [6.07, 6.45) is 0. The van der Waals surface area contributed by atoms with Gasteiger partial charge in [-0.15, -0.1) is 22.9 Å². The Bertz CT molecular complexity index is 462. The topological polar surface area (TPSA) is 9.23 Å². The average Bonchev–Trinajstić information content (AvgIpc) is 2.59. The second kappa shape index (κ2) is 3.79. The van der Waals surface area contributed by atoms with E-state index in [1.54, 1.807) is 18.4 Å². The van der Waals surface area contributed by atoms with Gasteiger partial charge in [0.25, 0.3) is 0 Å². The van der Waals surface area contributed by atoms with Crippen molar-refractivity contribution in [3.05, 3.63) is 28.6 Å². The first-order chi connectivity index (χ1) is 6.76. The summed E-state index contributed by atoms with van der Waals surface area (Å²) in [5.41, 5.74) is 2.40. The third kappa shape index (κ3) is 1.49. The Morgan fingerprint density at radius 3 is 2.86 bits per heavy atom. The van der Waals surface area contributed by atoms with Crippen LogP contribution in [0.5, 0.6) is 5.75 Å². The Kier molecular flexibility index (Phi) is 2.66. The second-order valence-electron chi connectivity index (χ2n) is 3.23. The summed E-state index contributed by atoms with van der Waals surface area (Å²) in [5, 5.41) is 3.40. The fraction of sp³-hybridized carbons (Fsp3) is 0.273. The summed E-state index contributed by atoms with van der Waals surface area (Å²) in [6, 6.07) is 4.14. The minimum atomic E-state index is 0.529. The maximum Gasteiger partial charge on any atom is 0.136 e. The molecule has 0 saturated carbocycles. The standard InChI is InChI=1S/C11H11ClOS/c1-7-6-14-11-9(7)3-8(5-12)4-10(11)13-2/h3-4,6H,5H2,1-2H3. The zero-order chi connectivity index (χ0) is 10.1. The number of benzene rings is 1. The van der Waals surface area contributed by atoms with Crippen LogP contribution in [0.25, 0.3) is 10.1 Å². The zero-order valence-corrected chi connectivity index (χ0v) is 9.71. The van der Waals surface area contributed by atoms with Crippen molar-refractivity contribution in [1.82, 2.24) is 0 Å². The molecule has 1 aromatic heterocycles. The third-order valence-corrected chi connectivity index (χ3v) is 3.70. The van der Waals surface area contributed by atoms with Crippen molar-refractivity contribution in [2.24, 2.45) is 0 Å². The van der Waals surface area contributed by atoms with Gasteiger partial charge in [-0.2, -0.15) is 0 Å². The summed E-state index contributed by atoms with van der Waals surface area (Å²) >= 11 is 7.54. The van der Waals surface area contributed by atoms with Crippen LogP contribution in [0.1, 0.15) is 11.1 Å². The third-order valence-electron chi connectivity index (χ3n) is 2.27. The molecule has 0 aliphatic heterocycles. The van der Waals surface area contributed by atoms with E-state index < -0.39 is 0 Å². The van der Waals surface area contributed by atoms with Gasteiger partial charge in [0.05, 0.1) is 11.8 Å².